The molecule has 6 nitrogen and oxygen atoms in total. The molecule has 3 unspecified atom stereocenters. The molecule has 0 amide bonds. The summed E-state index contributed by atoms with van der Waals surface area (Å²) in [5, 5.41) is 21.0. The van der Waals surface area contributed by atoms with Crippen LogP contribution in [0.3, 0.4) is 0 Å². The fourth-order valence-corrected chi connectivity index (χ4v) is 4.37. The fraction of sp³-hybridized carbons (Fsp3) is 0.471. The van der Waals surface area contributed by atoms with E-state index in [0.29, 0.717) is 0 Å². The van der Waals surface area contributed by atoms with Gasteiger partial charge in [-0.25, -0.2) is 0 Å². The summed E-state index contributed by atoms with van der Waals surface area (Å²) in [5.41, 5.74) is 0.836. The Morgan fingerprint density at radius 2 is 1.83 bits per heavy atom. The van der Waals surface area contributed by atoms with Crippen molar-refractivity contribution >= 4 is 29.5 Å². The number of nitrogens with one attached hydrogen (secondary N) is 1. The van der Waals surface area contributed by atoms with Crippen LogP contribution in [0.2, 0.25) is 0 Å². The molecule has 1 aromatic rings. The molecule has 24 heavy (non-hydrogen) atoms. The van der Waals surface area contributed by atoms with Crippen molar-refractivity contribution in [2.24, 2.45) is 5.92 Å². The lowest BCUT2D eigenvalue weighted by Gasteiger charge is -2.21. The van der Waals surface area contributed by atoms with Crippen molar-refractivity contribution in [1.29, 1.82) is 0 Å². The highest BCUT2D eigenvalue weighted by atomic mass is 32.2. The summed E-state index contributed by atoms with van der Waals surface area (Å²) in [6.07, 6.45) is 0.0467. The van der Waals surface area contributed by atoms with Crippen molar-refractivity contribution in [2.45, 2.75) is 42.9 Å². The van der Waals surface area contributed by atoms with Crippen molar-refractivity contribution < 1.29 is 24.6 Å². The first kappa shape index (κ1) is 18.5. The van der Waals surface area contributed by atoms with E-state index in [0.717, 1.165) is 5.56 Å². The molecule has 1 heterocycles. The van der Waals surface area contributed by atoms with Crippen LogP contribution in [0.5, 0.6) is 0 Å². The highest BCUT2D eigenvalue weighted by molar-refractivity contribution is 8.01. The number of carbonyl (C=O) groups is 3. The van der Waals surface area contributed by atoms with Crippen LogP contribution in [0.1, 0.15) is 25.8 Å². The van der Waals surface area contributed by atoms with E-state index in [1.54, 1.807) is 13.8 Å². The first-order valence-corrected chi connectivity index (χ1v) is 8.54. The third-order valence-corrected chi connectivity index (χ3v) is 5.64. The summed E-state index contributed by atoms with van der Waals surface area (Å²) in [6.45, 7) is 3.52. The predicted octanol–water partition coefficient (Wildman–Crippen LogP) is 1.78. The van der Waals surface area contributed by atoms with Crippen LogP contribution < -0.4 is 5.32 Å². The summed E-state index contributed by atoms with van der Waals surface area (Å²) in [4.78, 5) is 35.2. The molecule has 3 atom stereocenters. The fourth-order valence-electron chi connectivity index (χ4n) is 2.83. The minimum absolute atomic E-state index is 0.128. The van der Waals surface area contributed by atoms with Gasteiger partial charge in [-0.2, -0.15) is 0 Å². The Hall–Kier alpha value is -1.86. The number of hydrogen-bond acceptors (Lipinski definition) is 5. The van der Waals surface area contributed by atoms with Gasteiger partial charge in [0.15, 0.2) is 0 Å². The van der Waals surface area contributed by atoms with E-state index in [4.69, 9.17) is 0 Å². The van der Waals surface area contributed by atoms with E-state index in [-0.39, 0.29) is 18.6 Å². The smallest absolute Gasteiger partial charge is 0.322 e. The maximum Gasteiger partial charge on any atom is 0.322 e. The number of carbonyl (C=O) groups excluding carboxylic acids is 1. The van der Waals surface area contributed by atoms with Gasteiger partial charge in [-0.3, -0.25) is 19.7 Å². The molecule has 0 aliphatic carbocycles. The van der Waals surface area contributed by atoms with Crippen LogP contribution in [0.4, 0.5) is 0 Å². The Bertz CT molecular complexity index is 631. The molecule has 3 N–H and O–H groups in total. The molecule has 0 spiro atoms. The molecule has 0 bridgehead atoms. The molecule has 7 heteroatoms. The number of Topliss-reactive ketones (excluding diaryl/α,β-unsaturated/α-hetero) is 1. The second kappa shape index (κ2) is 7.36. The minimum Gasteiger partial charge on any atom is -0.481 e. The lowest BCUT2D eigenvalue weighted by molar-refractivity contribution is -0.145. The van der Waals surface area contributed by atoms with Gasteiger partial charge >= 0.3 is 11.9 Å². The average molecular weight is 351 g/mol. The second-order valence-electron chi connectivity index (χ2n) is 6.43. The lowest BCUT2D eigenvalue weighted by atomic mass is 9.97. The van der Waals surface area contributed by atoms with E-state index in [9.17, 15) is 24.6 Å². The number of rotatable bonds is 7. The average Bonchev–Trinajstić information content (AvgIpc) is 2.81. The maximum atomic E-state index is 12.2. The molecule has 0 saturated carbocycles. The highest BCUT2D eigenvalue weighted by Gasteiger charge is 2.49. The van der Waals surface area contributed by atoms with Crippen molar-refractivity contribution in [2.75, 3.05) is 0 Å². The van der Waals surface area contributed by atoms with Gasteiger partial charge in [0.1, 0.15) is 11.8 Å². The van der Waals surface area contributed by atoms with Crippen LogP contribution in [0.15, 0.2) is 30.3 Å². The summed E-state index contributed by atoms with van der Waals surface area (Å²) < 4.78 is -0.646. The predicted molar refractivity (Wildman–Crippen MR) is 90.9 cm³/mol. The molecule has 1 fully saturated rings. The standard InChI is InChI=1S/C17H21NO5S/c1-17(2)13(16(22)23)18-14(24-17)12(15(20)21)9-11(19)8-10-6-4-3-5-7-10/h3-7,12-14,18H,8-9H2,1-2H3,(H,20,21)(H,22,23). The molecular weight excluding hydrogens is 330 g/mol. The Balaban J connectivity index is 2.06. The van der Waals surface area contributed by atoms with Crippen molar-refractivity contribution in [3.8, 4) is 0 Å². The molecule has 1 saturated heterocycles. The van der Waals surface area contributed by atoms with Crippen LogP contribution in [-0.4, -0.2) is 44.1 Å². The molecule has 0 aromatic heterocycles. The van der Waals surface area contributed by atoms with Crippen LogP contribution >= 0.6 is 11.8 Å². The van der Waals surface area contributed by atoms with E-state index in [1.807, 2.05) is 30.3 Å². The van der Waals surface area contributed by atoms with Gasteiger partial charge < -0.3 is 10.2 Å². The number of carboxylic acid groups (broad SMARTS) is 2. The van der Waals surface area contributed by atoms with E-state index in [1.165, 1.54) is 11.8 Å². The van der Waals surface area contributed by atoms with E-state index >= 15 is 0 Å². The van der Waals surface area contributed by atoms with Gasteiger partial charge in [-0.15, -0.1) is 11.8 Å². The third kappa shape index (κ3) is 4.36. The summed E-state index contributed by atoms with van der Waals surface area (Å²) >= 11 is 1.26. The number of thioether (sulfide) groups is 1. The number of benzene rings is 1. The van der Waals surface area contributed by atoms with Gasteiger partial charge in [-0.05, 0) is 19.4 Å². The van der Waals surface area contributed by atoms with Gasteiger partial charge in [0.05, 0.1) is 11.3 Å². The summed E-state index contributed by atoms with van der Waals surface area (Å²) in [6, 6.07) is 8.29. The molecule has 1 aliphatic rings. The summed E-state index contributed by atoms with van der Waals surface area (Å²) in [7, 11) is 0. The first-order chi connectivity index (χ1) is 11.2. The zero-order valence-corrected chi connectivity index (χ0v) is 14.4. The molecule has 130 valence electrons. The Morgan fingerprint density at radius 3 is 2.33 bits per heavy atom. The van der Waals surface area contributed by atoms with Gasteiger partial charge in [0.25, 0.3) is 0 Å². The van der Waals surface area contributed by atoms with Crippen molar-refractivity contribution in [3.63, 3.8) is 0 Å². The molecule has 1 aromatic carbocycles. The van der Waals surface area contributed by atoms with Gasteiger partial charge in [0, 0.05) is 17.6 Å². The van der Waals surface area contributed by atoms with Crippen molar-refractivity contribution in [1.82, 2.24) is 5.32 Å². The quantitative estimate of drug-likeness (QED) is 0.688. The van der Waals surface area contributed by atoms with Crippen LogP contribution in [0, 0.1) is 5.92 Å². The number of aliphatic carboxylic acids is 2. The molecule has 0 radical (unpaired) electrons. The summed E-state index contributed by atoms with van der Waals surface area (Å²) in [5.74, 6) is -3.25. The van der Waals surface area contributed by atoms with E-state index < -0.39 is 34.0 Å². The van der Waals surface area contributed by atoms with Crippen molar-refractivity contribution in [3.05, 3.63) is 35.9 Å². The van der Waals surface area contributed by atoms with Crippen LogP contribution in [-0.2, 0) is 20.8 Å². The van der Waals surface area contributed by atoms with E-state index in [2.05, 4.69) is 5.32 Å². The normalized spacial score (nSPS) is 23.6. The van der Waals surface area contributed by atoms with Gasteiger partial charge in [0.2, 0.25) is 0 Å². The third-order valence-electron chi connectivity index (χ3n) is 4.08. The largest absolute Gasteiger partial charge is 0.481 e. The number of carboxylic acids is 2. The topological polar surface area (TPSA) is 104 Å². The first-order valence-electron chi connectivity index (χ1n) is 7.66. The SMILES string of the molecule is CC1(C)SC(C(CC(=O)Cc2ccccc2)C(=O)O)NC1C(=O)O. The zero-order chi connectivity index (χ0) is 17.9. The minimum atomic E-state index is -1.09. The second-order valence-corrected chi connectivity index (χ2v) is 8.23. The monoisotopic (exact) mass is 351 g/mol. The highest BCUT2D eigenvalue weighted by Crippen LogP contribution is 2.41. The lowest BCUT2D eigenvalue weighted by Crippen LogP contribution is -2.46. The number of ketones is 1. The molecule has 1 aliphatic heterocycles. The Morgan fingerprint density at radius 1 is 1.21 bits per heavy atom. The zero-order valence-electron chi connectivity index (χ0n) is 13.6. The number of hydrogen-bond donors (Lipinski definition) is 3. The maximum absolute atomic E-state index is 12.2. The molecular formula is C17H21NO5S. The van der Waals surface area contributed by atoms with Crippen LogP contribution in [0.25, 0.3) is 0 Å². The Kier molecular flexibility index (Phi) is 5.66. The Labute approximate surface area is 144 Å². The molecule has 2 rings (SSSR count). The van der Waals surface area contributed by atoms with Gasteiger partial charge in [-0.1, -0.05) is 30.3 Å².